The van der Waals surface area contributed by atoms with Gasteiger partial charge in [0.2, 0.25) is 16.6 Å². The summed E-state index contributed by atoms with van der Waals surface area (Å²) in [5.41, 5.74) is 0. The van der Waals surface area contributed by atoms with Gasteiger partial charge in [0.25, 0.3) is 5.95 Å². The first-order chi connectivity index (χ1) is 11.1. The number of allylic oxidation sites excluding steroid dienone is 2. The molecule has 0 aliphatic heterocycles. The van der Waals surface area contributed by atoms with Crippen molar-refractivity contribution in [3.05, 3.63) is 23.9 Å². The SMILES string of the molecule is CCOC(=CC(=CCCCCCCCl)O[Si](C)(C)C)O[Si](C)(C)C. The van der Waals surface area contributed by atoms with Gasteiger partial charge in [-0.1, -0.05) is 12.8 Å². The van der Waals surface area contributed by atoms with Gasteiger partial charge in [0.15, 0.2) is 0 Å². The highest BCUT2D eigenvalue weighted by atomic mass is 35.5. The first-order valence-electron chi connectivity index (χ1n) is 9.06. The van der Waals surface area contributed by atoms with Crippen LogP contribution in [0.5, 0.6) is 0 Å². The van der Waals surface area contributed by atoms with Gasteiger partial charge in [0, 0.05) is 5.88 Å². The highest BCUT2D eigenvalue weighted by Gasteiger charge is 2.21. The van der Waals surface area contributed by atoms with Gasteiger partial charge in [0.05, 0.1) is 12.7 Å². The molecule has 0 spiro atoms. The second kappa shape index (κ2) is 12.0. The van der Waals surface area contributed by atoms with Crippen LogP contribution in [0.15, 0.2) is 23.9 Å². The zero-order valence-corrected chi connectivity index (χ0v) is 19.5. The lowest BCUT2D eigenvalue weighted by molar-refractivity contribution is 0.111. The standard InChI is InChI=1S/C18H37ClO3Si2/c1-8-20-18(22-24(5,6)7)16-17(21-23(2,3)4)14-12-10-9-11-13-15-19/h14,16H,8-13,15H2,1-7H3. The zero-order chi connectivity index (χ0) is 18.6. The quantitative estimate of drug-likeness (QED) is 0.115. The fourth-order valence-electron chi connectivity index (χ4n) is 1.98. The molecule has 0 saturated carbocycles. The lowest BCUT2D eigenvalue weighted by atomic mass is 10.1. The van der Waals surface area contributed by atoms with E-state index in [1.165, 1.54) is 12.8 Å². The Balaban J connectivity index is 4.97. The van der Waals surface area contributed by atoms with E-state index in [4.69, 9.17) is 25.2 Å². The predicted molar refractivity (Wildman–Crippen MR) is 110 cm³/mol. The monoisotopic (exact) mass is 392 g/mol. The number of halogens is 1. The van der Waals surface area contributed by atoms with Crippen LogP contribution in [0.25, 0.3) is 0 Å². The lowest BCUT2D eigenvalue weighted by Gasteiger charge is -2.24. The number of rotatable bonds is 13. The Morgan fingerprint density at radius 3 is 1.96 bits per heavy atom. The maximum Gasteiger partial charge on any atom is 0.268 e. The minimum atomic E-state index is -1.71. The summed E-state index contributed by atoms with van der Waals surface area (Å²) in [6, 6.07) is 0. The van der Waals surface area contributed by atoms with Gasteiger partial charge in [0.1, 0.15) is 5.76 Å². The smallest absolute Gasteiger partial charge is 0.268 e. The molecule has 142 valence electrons. The van der Waals surface area contributed by atoms with E-state index < -0.39 is 16.6 Å². The summed E-state index contributed by atoms with van der Waals surface area (Å²) >= 11 is 5.72. The molecule has 0 atom stereocenters. The average Bonchev–Trinajstić information content (AvgIpc) is 2.39. The number of hydrogen-bond acceptors (Lipinski definition) is 3. The van der Waals surface area contributed by atoms with Crippen molar-refractivity contribution in [1.29, 1.82) is 0 Å². The molecule has 0 radical (unpaired) electrons. The fraction of sp³-hybridized carbons (Fsp3) is 0.778. The van der Waals surface area contributed by atoms with Crippen molar-refractivity contribution in [3.63, 3.8) is 0 Å². The van der Waals surface area contributed by atoms with E-state index in [1.807, 2.05) is 13.0 Å². The fourth-order valence-corrected chi connectivity index (χ4v) is 3.74. The third-order valence-corrected chi connectivity index (χ3v) is 4.74. The Bertz CT molecular complexity index is 396. The summed E-state index contributed by atoms with van der Waals surface area (Å²) in [5.74, 6) is 2.23. The molecular weight excluding hydrogens is 356 g/mol. The van der Waals surface area contributed by atoms with Gasteiger partial charge in [-0.2, -0.15) is 0 Å². The van der Waals surface area contributed by atoms with E-state index in [1.54, 1.807) is 0 Å². The Morgan fingerprint density at radius 2 is 1.46 bits per heavy atom. The first-order valence-corrected chi connectivity index (χ1v) is 16.4. The van der Waals surface area contributed by atoms with Gasteiger partial charge in [-0.15, -0.1) is 11.6 Å². The van der Waals surface area contributed by atoms with Crippen LogP contribution in [0.2, 0.25) is 39.3 Å². The molecule has 0 fully saturated rings. The van der Waals surface area contributed by atoms with E-state index in [-0.39, 0.29) is 0 Å². The normalized spacial score (nSPS) is 13.8. The predicted octanol–water partition coefficient (Wildman–Crippen LogP) is 6.64. The molecule has 24 heavy (non-hydrogen) atoms. The van der Waals surface area contributed by atoms with Gasteiger partial charge in [-0.25, -0.2) is 0 Å². The van der Waals surface area contributed by atoms with Crippen molar-refractivity contribution in [2.45, 2.75) is 78.3 Å². The second-order valence-electron chi connectivity index (χ2n) is 7.82. The number of ether oxygens (including phenoxy) is 1. The Kier molecular flexibility index (Phi) is 11.8. The molecule has 6 heteroatoms. The van der Waals surface area contributed by atoms with Crippen LogP contribution in [-0.4, -0.2) is 29.1 Å². The van der Waals surface area contributed by atoms with Crippen LogP contribution < -0.4 is 0 Å². The van der Waals surface area contributed by atoms with E-state index in [2.05, 4.69) is 45.4 Å². The summed E-state index contributed by atoms with van der Waals surface area (Å²) in [7, 11) is -3.39. The molecule has 0 amide bonds. The molecule has 0 aromatic heterocycles. The molecule has 0 aliphatic carbocycles. The third kappa shape index (κ3) is 15.2. The van der Waals surface area contributed by atoms with E-state index in [9.17, 15) is 0 Å². The van der Waals surface area contributed by atoms with Gasteiger partial charge < -0.3 is 13.6 Å². The van der Waals surface area contributed by atoms with Crippen LogP contribution >= 0.6 is 11.6 Å². The van der Waals surface area contributed by atoms with Crippen LogP contribution in [0, 0.1) is 0 Å². The van der Waals surface area contributed by atoms with E-state index >= 15 is 0 Å². The molecule has 0 saturated heterocycles. The largest absolute Gasteiger partial charge is 0.544 e. The molecule has 0 N–H and O–H groups in total. The second-order valence-corrected chi connectivity index (χ2v) is 17.1. The molecule has 3 nitrogen and oxygen atoms in total. The van der Waals surface area contributed by atoms with Crippen LogP contribution in [-0.2, 0) is 13.6 Å². The topological polar surface area (TPSA) is 27.7 Å². The third-order valence-electron chi connectivity index (χ3n) is 2.81. The van der Waals surface area contributed by atoms with Crippen molar-refractivity contribution < 1.29 is 13.6 Å². The molecule has 0 aromatic carbocycles. The summed E-state index contributed by atoms with van der Waals surface area (Å²) in [4.78, 5) is 0. The summed E-state index contributed by atoms with van der Waals surface area (Å²) in [5, 5.41) is 0. The van der Waals surface area contributed by atoms with E-state index in [0.717, 1.165) is 30.9 Å². The van der Waals surface area contributed by atoms with Crippen molar-refractivity contribution in [3.8, 4) is 0 Å². The molecule has 0 bridgehead atoms. The highest BCUT2D eigenvalue weighted by molar-refractivity contribution is 6.70. The van der Waals surface area contributed by atoms with Crippen molar-refractivity contribution >= 4 is 28.2 Å². The van der Waals surface area contributed by atoms with Crippen LogP contribution in [0.3, 0.4) is 0 Å². The number of hydrogen-bond donors (Lipinski definition) is 0. The Labute approximate surface area is 156 Å². The maximum atomic E-state index is 6.21. The van der Waals surface area contributed by atoms with Gasteiger partial charge in [-0.3, -0.25) is 0 Å². The van der Waals surface area contributed by atoms with Gasteiger partial charge in [-0.05, 0) is 71.5 Å². The molecular formula is C18H37ClO3Si2. The van der Waals surface area contributed by atoms with Crippen LogP contribution in [0.4, 0.5) is 0 Å². The molecule has 0 rings (SSSR count). The Morgan fingerprint density at radius 1 is 0.875 bits per heavy atom. The maximum absolute atomic E-state index is 6.21. The molecule has 0 heterocycles. The van der Waals surface area contributed by atoms with Crippen molar-refractivity contribution in [1.82, 2.24) is 0 Å². The van der Waals surface area contributed by atoms with E-state index in [0.29, 0.717) is 12.6 Å². The summed E-state index contributed by atoms with van der Waals surface area (Å²) in [6.45, 7) is 15.6. The van der Waals surface area contributed by atoms with Crippen molar-refractivity contribution in [2.24, 2.45) is 0 Å². The number of unbranched alkanes of at least 4 members (excludes halogenated alkanes) is 4. The number of alkyl halides is 1. The Hall–Kier alpha value is -0.396. The zero-order valence-electron chi connectivity index (χ0n) is 16.7. The lowest BCUT2D eigenvalue weighted by Crippen LogP contribution is -2.27. The molecule has 0 aliphatic rings. The summed E-state index contributed by atoms with van der Waals surface area (Å²) < 4.78 is 17.9. The summed E-state index contributed by atoms with van der Waals surface area (Å²) in [6.07, 6.45) is 9.76. The minimum absolute atomic E-state index is 0.586. The minimum Gasteiger partial charge on any atom is -0.544 e. The molecule has 0 aromatic rings. The molecule has 0 unspecified atom stereocenters. The average molecular weight is 393 g/mol. The first kappa shape index (κ1) is 23.6. The van der Waals surface area contributed by atoms with Gasteiger partial charge >= 0.3 is 0 Å². The van der Waals surface area contributed by atoms with Crippen LogP contribution in [0.1, 0.15) is 39.0 Å². The van der Waals surface area contributed by atoms with Crippen molar-refractivity contribution in [2.75, 3.05) is 12.5 Å². The highest BCUT2D eigenvalue weighted by Crippen LogP contribution is 2.19.